The summed E-state index contributed by atoms with van der Waals surface area (Å²) in [6, 6.07) is 0. The van der Waals surface area contributed by atoms with Crippen molar-refractivity contribution < 1.29 is 0 Å². The lowest BCUT2D eigenvalue weighted by molar-refractivity contribution is 0.209. The minimum Gasteiger partial charge on any atom is -0.0654 e. The van der Waals surface area contributed by atoms with Crippen molar-refractivity contribution in [2.75, 3.05) is 0 Å². The summed E-state index contributed by atoms with van der Waals surface area (Å²) in [5, 5.41) is 0. The molecule has 0 bridgehead atoms. The molecule has 0 radical (unpaired) electrons. The van der Waals surface area contributed by atoms with Crippen LogP contribution in [-0.2, 0) is 0 Å². The quantitative estimate of drug-likeness (QED) is 0.305. The first kappa shape index (κ1) is 21.0. The van der Waals surface area contributed by atoms with E-state index < -0.39 is 0 Å². The van der Waals surface area contributed by atoms with E-state index in [4.69, 9.17) is 0 Å². The summed E-state index contributed by atoms with van der Waals surface area (Å²) in [6.07, 6.45) is 12.8. The molecule has 0 aliphatic carbocycles. The summed E-state index contributed by atoms with van der Waals surface area (Å²) in [5.41, 5.74) is 0. The third-order valence-corrected chi connectivity index (χ3v) is 5.92. The first-order valence-corrected chi connectivity index (χ1v) is 9.93. The Morgan fingerprint density at radius 1 is 0.571 bits per heavy atom. The van der Waals surface area contributed by atoms with Crippen molar-refractivity contribution in [3.8, 4) is 0 Å². The van der Waals surface area contributed by atoms with Gasteiger partial charge in [0.15, 0.2) is 0 Å². The van der Waals surface area contributed by atoms with Crippen LogP contribution in [-0.4, -0.2) is 0 Å². The SMILES string of the molecule is CCCCCCCC(C)C(CCC(C)C(C)CC)C(C)C. The monoisotopic (exact) mass is 296 g/mol. The molecule has 0 spiro atoms. The van der Waals surface area contributed by atoms with Crippen LogP contribution in [0.25, 0.3) is 0 Å². The number of hydrogen-bond donors (Lipinski definition) is 0. The molecule has 0 saturated carbocycles. The maximum Gasteiger partial charge on any atom is -0.0365 e. The Kier molecular flexibility index (Phi) is 12.5. The molecule has 0 heterocycles. The fraction of sp³-hybridized carbons (Fsp3) is 1.00. The molecule has 128 valence electrons. The average molecular weight is 297 g/mol. The highest BCUT2D eigenvalue weighted by Gasteiger charge is 2.22. The zero-order valence-electron chi connectivity index (χ0n) is 16.3. The van der Waals surface area contributed by atoms with Crippen LogP contribution in [0.3, 0.4) is 0 Å². The van der Waals surface area contributed by atoms with Crippen molar-refractivity contribution in [2.45, 2.75) is 106 Å². The van der Waals surface area contributed by atoms with Gasteiger partial charge in [0.25, 0.3) is 0 Å². The molecule has 0 fully saturated rings. The van der Waals surface area contributed by atoms with Crippen molar-refractivity contribution >= 4 is 0 Å². The molecule has 0 N–H and O–H groups in total. The summed E-state index contributed by atoms with van der Waals surface area (Å²) in [6.45, 7) is 16.9. The Hall–Kier alpha value is 0. The van der Waals surface area contributed by atoms with Crippen LogP contribution in [0.2, 0.25) is 0 Å². The highest BCUT2D eigenvalue weighted by molar-refractivity contribution is 4.72. The van der Waals surface area contributed by atoms with E-state index in [0.29, 0.717) is 0 Å². The van der Waals surface area contributed by atoms with Crippen molar-refractivity contribution in [3.05, 3.63) is 0 Å². The van der Waals surface area contributed by atoms with E-state index in [1.807, 2.05) is 0 Å². The fourth-order valence-corrected chi connectivity index (χ4v) is 3.70. The van der Waals surface area contributed by atoms with Gasteiger partial charge in [-0.2, -0.15) is 0 Å². The zero-order valence-corrected chi connectivity index (χ0v) is 16.3. The average Bonchev–Trinajstić information content (AvgIpc) is 2.45. The predicted octanol–water partition coefficient (Wildman–Crippen LogP) is 7.72. The van der Waals surface area contributed by atoms with Crippen LogP contribution in [0.15, 0.2) is 0 Å². The topological polar surface area (TPSA) is 0 Å². The van der Waals surface area contributed by atoms with Gasteiger partial charge in [-0.1, -0.05) is 99.8 Å². The standard InChI is InChI=1S/C21H44/c1-8-10-11-12-13-14-20(7)21(17(3)4)16-15-19(6)18(5)9-2/h17-21H,8-16H2,1-7H3. The Labute approximate surface area is 136 Å². The second-order valence-electron chi connectivity index (χ2n) is 8.03. The zero-order chi connectivity index (χ0) is 16.3. The summed E-state index contributed by atoms with van der Waals surface area (Å²) in [7, 11) is 0. The van der Waals surface area contributed by atoms with E-state index in [9.17, 15) is 0 Å². The number of rotatable bonds is 13. The van der Waals surface area contributed by atoms with E-state index in [1.54, 1.807) is 0 Å². The van der Waals surface area contributed by atoms with Crippen LogP contribution < -0.4 is 0 Å². The predicted molar refractivity (Wildman–Crippen MR) is 98.7 cm³/mol. The molecule has 0 aromatic carbocycles. The van der Waals surface area contributed by atoms with Gasteiger partial charge in [0.05, 0.1) is 0 Å². The highest BCUT2D eigenvalue weighted by atomic mass is 14.3. The van der Waals surface area contributed by atoms with Gasteiger partial charge >= 0.3 is 0 Å². The molecule has 0 saturated heterocycles. The van der Waals surface area contributed by atoms with Gasteiger partial charge in [-0.25, -0.2) is 0 Å². The van der Waals surface area contributed by atoms with Gasteiger partial charge in [0.2, 0.25) is 0 Å². The summed E-state index contributed by atoms with van der Waals surface area (Å²) in [5.74, 6) is 4.48. The number of unbranched alkanes of at least 4 members (excludes halogenated alkanes) is 4. The van der Waals surface area contributed by atoms with E-state index in [0.717, 1.165) is 29.6 Å². The maximum atomic E-state index is 2.51. The number of hydrogen-bond acceptors (Lipinski definition) is 0. The lowest BCUT2D eigenvalue weighted by Gasteiger charge is -2.30. The fourth-order valence-electron chi connectivity index (χ4n) is 3.70. The molecule has 21 heavy (non-hydrogen) atoms. The summed E-state index contributed by atoms with van der Waals surface area (Å²) >= 11 is 0. The second kappa shape index (κ2) is 12.5. The maximum absolute atomic E-state index is 2.51. The molecule has 4 atom stereocenters. The first-order valence-electron chi connectivity index (χ1n) is 9.93. The van der Waals surface area contributed by atoms with Gasteiger partial charge in [-0.05, 0) is 36.0 Å². The Bertz CT molecular complexity index is 218. The largest absolute Gasteiger partial charge is 0.0654 e. The Balaban J connectivity index is 4.09. The van der Waals surface area contributed by atoms with Crippen LogP contribution >= 0.6 is 0 Å². The van der Waals surface area contributed by atoms with Gasteiger partial charge < -0.3 is 0 Å². The molecule has 0 heteroatoms. The van der Waals surface area contributed by atoms with Crippen molar-refractivity contribution in [2.24, 2.45) is 29.6 Å². The summed E-state index contributed by atoms with van der Waals surface area (Å²) in [4.78, 5) is 0. The second-order valence-corrected chi connectivity index (χ2v) is 8.03. The minimum atomic E-state index is 0.847. The smallest absolute Gasteiger partial charge is 0.0365 e. The molecule has 0 aliphatic rings. The van der Waals surface area contributed by atoms with Gasteiger partial charge in [0, 0.05) is 0 Å². The molecular formula is C21H44. The molecule has 0 rings (SSSR count). The molecule has 0 amide bonds. The lowest BCUT2D eigenvalue weighted by atomic mass is 9.76. The van der Waals surface area contributed by atoms with Crippen LogP contribution in [0.5, 0.6) is 0 Å². The van der Waals surface area contributed by atoms with E-state index in [-0.39, 0.29) is 0 Å². The first-order chi connectivity index (χ1) is 9.93. The van der Waals surface area contributed by atoms with Crippen molar-refractivity contribution in [1.29, 1.82) is 0 Å². The molecule has 0 aromatic heterocycles. The van der Waals surface area contributed by atoms with E-state index >= 15 is 0 Å². The van der Waals surface area contributed by atoms with Crippen molar-refractivity contribution in [1.82, 2.24) is 0 Å². The molecule has 0 aromatic rings. The molecule has 0 nitrogen and oxygen atoms in total. The third-order valence-electron chi connectivity index (χ3n) is 5.92. The molecular weight excluding hydrogens is 252 g/mol. The van der Waals surface area contributed by atoms with Crippen molar-refractivity contribution in [3.63, 3.8) is 0 Å². The van der Waals surface area contributed by atoms with Gasteiger partial charge in [-0.3, -0.25) is 0 Å². The van der Waals surface area contributed by atoms with Crippen LogP contribution in [0, 0.1) is 29.6 Å². The summed E-state index contributed by atoms with van der Waals surface area (Å²) < 4.78 is 0. The molecule has 4 unspecified atom stereocenters. The third kappa shape index (κ3) is 9.59. The van der Waals surface area contributed by atoms with Crippen LogP contribution in [0.4, 0.5) is 0 Å². The normalized spacial score (nSPS) is 17.7. The van der Waals surface area contributed by atoms with Gasteiger partial charge in [0.1, 0.15) is 0 Å². The van der Waals surface area contributed by atoms with E-state index in [2.05, 4.69) is 48.5 Å². The Morgan fingerprint density at radius 3 is 1.71 bits per heavy atom. The Morgan fingerprint density at radius 2 is 1.19 bits per heavy atom. The molecule has 0 aliphatic heterocycles. The minimum absolute atomic E-state index is 0.847. The van der Waals surface area contributed by atoms with Crippen LogP contribution in [0.1, 0.15) is 106 Å². The lowest BCUT2D eigenvalue weighted by Crippen LogP contribution is -2.20. The van der Waals surface area contributed by atoms with Gasteiger partial charge in [-0.15, -0.1) is 0 Å². The highest BCUT2D eigenvalue weighted by Crippen LogP contribution is 2.32. The van der Waals surface area contributed by atoms with E-state index in [1.165, 1.54) is 57.8 Å².